The summed E-state index contributed by atoms with van der Waals surface area (Å²) in [5.74, 6) is 1.54. The van der Waals surface area contributed by atoms with Gasteiger partial charge in [0.25, 0.3) is 11.5 Å². The second-order valence-electron chi connectivity index (χ2n) is 5.66. The number of para-hydroxylation sites is 2. The lowest BCUT2D eigenvalue weighted by molar-refractivity contribution is 0.0932. The Morgan fingerprint density at radius 2 is 2.12 bits per heavy atom. The van der Waals surface area contributed by atoms with Crippen LogP contribution in [0.2, 0.25) is 0 Å². The molecule has 0 radical (unpaired) electrons. The van der Waals surface area contributed by atoms with E-state index in [1.165, 1.54) is 6.20 Å². The molecule has 0 aliphatic heterocycles. The lowest BCUT2D eigenvalue weighted by Gasteiger charge is -2.16. The first-order chi connectivity index (χ1) is 12.1. The number of hydrogen-bond donors (Lipinski definition) is 3. The molecule has 2 aromatic heterocycles. The zero-order chi connectivity index (χ0) is 17.8. The number of fused-ring (bicyclic) bond motifs is 1. The van der Waals surface area contributed by atoms with Gasteiger partial charge in [0.1, 0.15) is 17.2 Å². The van der Waals surface area contributed by atoms with Crippen LogP contribution in [0.25, 0.3) is 11.0 Å². The summed E-state index contributed by atoms with van der Waals surface area (Å²) in [7, 11) is 0. The predicted octanol–water partition coefficient (Wildman–Crippen LogP) is 2.18. The van der Waals surface area contributed by atoms with Crippen molar-refractivity contribution in [2.45, 2.75) is 19.4 Å². The van der Waals surface area contributed by atoms with Crippen molar-refractivity contribution >= 4 is 28.7 Å². The fourth-order valence-corrected chi connectivity index (χ4v) is 3.00. The van der Waals surface area contributed by atoms with E-state index in [9.17, 15) is 9.59 Å². The van der Waals surface area contributed by atoms with Gasteiger partial charge in [-0.05, 0) is 37.5 Å². The Bertz CT molecular complexity index is 916. The molecule has 0 unspecified atom stereocenters. The molecule has 1 aromatic carbocycles. The van der Waals surface area contributed by atoms with Gasteiger partial charge < -0.3 is 15.3 Å². The Labute approximate surface area is 148 Å². The number of carbonyl (C=O) groups is 1. The molecule has 1 amide bonds. The molecule has 2 heterocycles. The first-order valence-electron chi connectivity index (χ1n) is 7.89. The van der Waals surface area contributed by atoms with Crippen LogP contribution >= 0.6 is 11.8 Å². The molecule has 0 bridgehead atoms. The Balaban J connectivity index is 1.87. The largest absolute Gasteiger partial charge is 0.342 e. The third kappa shape index (κ3) is 3.90. The number of aryl methyl sites for hydroxylation is 1. The van der Waals surface area contributed by atoms with E-state index in [0.717, 1.165) is 16.8 Å². The van der Waals surface area contributed by atoms with E-state index in [1.807, 2.05) is 30.5 Å². The number of imidazole rings is 1. The van der Waals surface area contributed by atoms with Gasteiger partial charge in [-0.3, -0.25) is 9.59 Å². The van der Waals surface area contributed by atoms with Crippen molar-refractivity contribution in [3.63, 3.8) is 0 Å². The summed E-state index contributed by atoms with van der Waals surface area (Å²) < 4.78 is 0. The normalized spacial score (nSPS) is 12.2. The number of aromatic nitrogens is 4. The summed E-state index contributed by atoms with van der Waals surface area (Å²) in [5.41, 5.74) is 1.31. The maximum atomic E-state index is 12.5. The molecular weight excluding hydrogens is 338 g/mol. The molecule has 7 nitrogen and oxygen atoms in total. The van der Waals surface area contributed by atoms with Gasteiger partial charge in [-0.25, -0.2) is 9.97 Å². The summed E-state index contributed by atoms with van der Waals surface area (Å²) in [4.78, 5) is 38.8. The minimum atomic E-state index is -0.458. The zero-order valence-corrected chi connectivity index (χ0v) is 14.8. The highest BCUT2D eigenvalue weighted by Crippen LogP contribution is 2.20. The Hall–Kier alpha value is -2.61. The molecule has 0 aliphatic rings. The fraction of sp³-hybridized carbons (Fsp3) is 0.294. The Morgan fingerprint density at radius 3 is 2.84 bits per heavy atom. The van der Waals surface area contributed by atoms with E-state index in [-0.39, 0.29) is 11.6 Å². The summed E-state index contributed by atoms with van der Waals surface area (Å²) in [6, 6.07) is 7.38. The van der Waals surface area contributed by atoms with Crippen LogP contribution in [0.3, 0.4) is 0 Å². The molecule has 3 N–H and O–H groups in total. The van der Waals surface area contributed by atoms with Crippen LogP contribution in [0, 0.1) is 6.92 Å². The van der Waals surface area contributed by atoms with Gasteiger partial charge in [0.15, 0.2) is 0 Å². The van der Waals surface area contributed by atoms with Crippen molar-refractivity contribution in [3.05, 3.63) is 58.0 Å². The first-order valence-corrected chi connectivity index (χ1v) is 9.28. The molecule has 3 rings (SSSR count). The Morgan fingerprint density at radius 1 is 1.32 bits per heavy atom. The molecule has 0 aliphatic carbocycles. The van der Waals surface area contributed by atoms with Crippen LogP contribution in [-0.4, -0.2) is 37.9 Å². The van der Waals surface area contributed by atoms with Crippen molar-refractivity contribution in [3.8, 4) is 0 Å². The third-order valence-electron chi connectivity index (χ3n) is 3.82. The minimum Gasteiger partial charge on any atom is -0.342 e. The molecule has 130 valence electrons. The van der Waals surface area contributed by atoms with Gasteiger partial charge in [0.2, 0.25) is 0 Å². The molecule has 0 saturated carbocycles. The summed E-state index contributed by atoms with van der Waals surface area (Å²) in [5, 5.41) is 2.90. The molecular formula is C17H19N5O2S. The second-order valence-corrected chi connectivity index (χ2v) is 6.64. The van der Waals surface area contributed by atoms with E-state index >= 15 is 0 Å². The van der Waals surface area contributed by atoms with Gasteiger partial charge in [-0.15, -0.1) is 0 Å². The fourth-order valence-electron chi connectivity index (χ4n) is 2.53. The summed E-state index contributed by atoms with van der Waals surface area (Å²) >= 11 is 1.69. The lowest BCUT2D eigenvalue weighted by atomic mass is 10.2. The quantitative estimate of drug-likeness (QED) is 0.627. The van der Waals surface area contributed by atoms with E-state index in [1.54, 1.807) is 18.7 Å². The maximum Gasteiger partial charge on any atom is 0.263 e. The van der Waals surface area contributed by atoms with Crippen molar-refractivity contribution in [2.24, 2.45) is 0 Å². The average Bonchev–Trinajstić information content (AvgIpc) is 3.02. The van der Waals surface area contributed by atoms with Gasteiger partial charge in [0.05, 0.1) is 17.1 Å². The van der Waals surface area contributed by atoms with E-state index < -0.39 is 11.5 Å². The van der Waals surface area contributed by atoms with Gasteiger partial charge >= 0.3 is 0 Å². The minimum absolute atomic E-state index is 0.00383. The van der Waals surface area contributed by atoms with Gasteiger partial charge in [-0.1, -0.05) is 12.1 Å². The smallest absolute Gasteiger partial charge is 0.263 e. The van der Waals surface area contributed by atoms with Crippen molar-refractivity contribution < 1.29 is 4.79 Å². The number of benzene rings is 1. The standard InChI is InChI=1S/C17H19N5O2S/c1-10-18-9-11(16(23)19-10)17(24)22-14(7-8-25-2)15-20-12-5-3-4-6-13(12)21-15/h3-6,9,14H,7-8H2,1-2H3,(H,20,21)(H,22,24)(H,18,19,23)/t14-/m1/s1. The van der Waals surface area contributed by atoms with E-state index in [4.69, 9.17) is 0 Å². The lowest BCUT2D eigenvalue weighted by Crippen LogP contribution is -2.34. The summed E-state index contributed by atoms with van der Waals surface area (Å²) in [6.07, 6.45) is 4.00. The molecule has 0 fully saturated rings. The number of nitrogens with one attached hydrogen (secondary N) is 3. The summed E-state index contributed by atoms with van der Waals surface area (Å²) in [6.45, 7) is 1.67. The van der Waals surface area contributed by atoms with E-state index in [2.05, 4.69) is 25.3 Å². The Kier molecular flexibility index (Phi) is 5.18. The molecule has 1 atom stereocenters. The first kappa shape index (κ1) is 17.2. The zero-order valence-electron chi connectivity index (χ0n) is 14.0. The number of H-pyrrole nitrogens is 2. The highest BCUT2D eigenvalue weighted by atomic mass is 32.2. The number of thioether (sulfide) groups is 1. The SMILES string of the molecule is CSCC[C@@H](NC(=O)c1cnc(C)[nH]c1=O)c1nc2ccccc2[nH]1. The number of hydrogen-bond acceptors (Lipinski definition) is 5. The maximum absolute atomic E-state index is 12.5. The van der Waals surface area contributed by atoms with E-state index in [0.29, 0.717) is 18.1 Å². The molecule has 8 heteroatoms. The van der Waals surface area contributed by atoms with Crippen LogP contribution in [0.5, 0.6) is 0 Å². The number of carbonyl (C=O) groups excluding carboxylic acids is 1. The topological polar surface area (TPSA) is 104 Å². The number of rotatable bonds is 6. The number of nitrogens with zero attached hydrogens (tertiary/aromatic N) is 2. The highest BCUT2D eigenvalue weighted by Gasteiger charge is 2.20. The third-order valence-corrected chi connectivity index (χ3v) is 4.47. The van der Waals surface area contributed by atoms with Crippen molar-refractivity contribution in [2.75, 3.05) is 12.0 Å². The molecule has 3 aromatic rings. The van der Waals surface area contributed by atoms with Crippen LogP contribution in [0.15, 0.2) is 35.3 Å². The molecule has 0 saturated heterocycles. The van der Waals surface area contributed by atoms with Crippen LogP contribution in [-0.2, 0) is 0 Å². The highest BCUT2D eigenvalue weighted by molar-refractivity contribution is 7.98. The van der Waals surface area contributed by atoms with Crippen molar-refractivity contribution in [1.29, 1.82) is 0 Å². The average molecular weight is 357 g/mol. The molecule has 25 heavy (non-hydrogen) atoms. The van der Waals surface area contributed by atoms with Crippen LogP contribution < -0.4 is 10.9 Å². The van der Waals surface area contributed by atoms with Gasteiger partial charge in [0, 0.05) is 6.20 Å². The van der Waals surface area contributed by atoms with Crippen LogP contribution in [0.4, 0.5) is 0 Å². The second kappa shape index (κ2) is 7.52. The van der Waals surface area contributed by atoms with Gasteiger partial charge in [-0.2, -0.15) is 11.8 Å². The van der Waals surface area contributed by atoms with Crippen LogP contribution in [0.1, 0.15) is 34.5 Å². The number of amides is 1. The monoisotopic (exact) mass is 357 g/mol. The molecule has 0 spiro atoms. The predicted molar refractivity (Wildman–Crippen MR) is 98.9 cm³/mol. The van der Waals surface area contributed by atoms with Crippen molar-refractivity contribution in [1.82, 2.24) is 25.3 Å². The number of aromatic amines is 2.